The fraction of sp³-hybridized carbons (Fsp3) is 0.545. The van der Waals surface area contributed by atoms with Crippen LogP contribution in [0.2, 0.25) is 0 Å². The molecule has 0 aliphatic carbocycles. The van der Waals surface area contributed by atoms with Gasteiger partial charge < -0.3 is 14.9 Å². The Balaban J connectivity index is -0.0000000387. The standard InChI is InChI=1S/C10H22O.C2H6O2.5C2H4/c1-3-5-7-8-10-11-9-6-4-2;3-1-2-4;5*1-2/h3-10H2,1-2H3;3-4H,1-2H2;5*1-2H2. The normalized spacial score (nSPS) is 6.56. The quantitative estimate of drug-likeness (QED) is 0.371. The molecule has 0 radical (unpaired) electrons. The van der Waals surface area contributed by atoms with Crippen molar-refractivity contribution in [3.63, 3.8) is 0 Å². The second-order valence-corrected chi connectivity index (χ2v) is 3.47. The molecule has 2 N–H and O–H groups in total. The molecule has 0 aliphatic heterocycles. The maximum Gasteiger partial charge on any atom is 0.0662 e. The van der Waals surface area contributed by atoms with Crippen LogP contribution in [-0.4, -0.2) is 36.6 Å². The summed E-state index contributed by atoms with van der Waals surface area (Å²) < 4.78 is 5.42. The van der Waals surface area contributed by atoms with E-state index < -0.39 is 0 Å². The maximum atomic E-state index is 7.62. The first kappa shape index (κ1) is 43.7. The maximum absolute atomic E-state index is 7.62. The summed E-state index contributed by atoms with van der Waals surface area (Å²) in [5, 5.41) is 15.2. The second kappa shape index (κ2) is 115. The first-order valence-corrected chi connectivity index (χ1v) is 8.62. The van der Waals surface area contributed by atoms with Crippen LogP contribution in [0.3, 0.4) is 0 Å². The van der Waals surface area contributed by atoms with Gasteiger partial charge in [0, 0.05) is 13.2 Å². The predicted molar refractivity (Wildman–Crippen MR) is 120 cm³/mol. The average Bonchev–Trinajstić information content (AvgIpc) is 2.75. The Morgan fingerprint density at radius 2 is 0.840 bits per heavy atom. The van der Waals surface area contributed by atoms with Gasteiger partial charge in [-0.25, -0.2) is 0 Å². The minimum atomic E-state index is -0.125. The molecule has 0 rings (SSSR count). The molecule has 0 heterocycles. The molecule has 0 atom stereocenters. The third-order valence-corrected chi connectivity index (χ3v) is 1.88. The van der Waals surface area contributed by atoms with Crippen molar-refractivity contribution < 1.29 is 14.9 Å². The van der Waals surface area contributed by atoms with Crippen LogP contribution in [0, 0.1) is 0 Å². The average molecular weight is 361 g/mol. The zero-order valence-electron chi connectivity index (χ0n) is 17.4. The first-order valence-electron chi connectivity index (χ1n) is 8.62. The number of hydrogen-bond acceptors (Lipinski definition) is 3. The van der Waals surface area contributed by atoms with E-state index >= 15 is 0 Å². The molecule has 0 saturated heterocycles. The van der Waals surface area contributed by atoms with Crippen LogP contribution < -0.4 is 0 Å². The molecule has 0 bridgehead atoms. The van der Waals surface area contributed by atoms with E-state index in [4.69, 9.17) is 14.9 Å². The highest BCUT2D eigenvalue weighted by Gasteiger charge is 1.88. The van der Waals surface area contributed by atoms with Crippen molar-refractivity contribution in [1.82, 2.24) is 0 Å². The minimum absolute atomic E-state index is 0.125. The summed E-state index contributed by atoms with van der Waals surface area (Å²) >= 11 is 0. The van der Waals surface area contributed by atoms with E-state index in [1.807, 2.05) is 0 Å². The van der Waals surface area contributed by atoms with Crippen LogP contribution in [0.15, 0.2) is 65.8 Å². The predicted octanol–water partition coefficient (Wildman–Crippen LogP) is 6.37. The summed E-state index contributed by atoms with van der Waals surface area (Å²) in [6.45, 7) is 36.1. The van der Waals surface area contributed by atoms with Gasteiger partial charge in [0.25, 0.3) is 0 Å². The molecule has 0 saturated carbocycles. The molecule has 25 heavy (non-hydrogen) atoms. The van der Waals surface area contributed by atoms with Gasteiger partial charge in [-0.3, -0.25) is 0 Å². The molecular weight excluding hydrogens is 312 g/mol. The lowest BCUT2D eigenvalue weighted by molar-refractivity contribution is 0.127. The van der Waals surface area contributed by atoms with Crippen LogP contribution in [-0.2, 0) is 4.74 Å². The molecule has 154 valence electrons. The van der Waals surface area contributed by atoms with Crippen molar-refractivity contribution in [2.24, 2.45) is 0 Å². The fourth-order valence-electron chi connectivity index (χ4n) is 0.979. The summed E-state index contributed by atoms with van der Waals surface area (Å²) in [4.78, 5) is 0. The highest BCUT2D eigenvalue weighted by atomic mass is 16.5. The minimum Gasteiger partial charge on any atom is -0.394 e. The van der Waals surface area contributed by atoms with E-state index in [9.17, 15) is 0 Å². The van der Waals surface area contributed by atoms with E-state index in [1.165, 1.54) is 38.5 Å². The third-order valence-electron chi connectivity index (χ3n) is 1.88. The highest BCUT2D eigenvalue weighted by Crippen LogP contribution is 1.99. The van der Waals surface area contributed by atoms with Gasteiger partial charge in [-0.1, -0.05) is 39.5 Å². The molecule has 0 aromatic rings. The summed E-state index contributed by atoms with van der Waals surface area (Å²) in [5.41, 5.74) is 0. The van der Waals surface area contributed by atoms with Gasteiger partial charge in [0.1, 0.15) is 0 Å². The second-order valence-electron chi connectivity index (χ2n) is 3.47. The summed E-state index contributed by atoms with van der Waals surface area (Å²) in [6, 6.07) is 0. The zero-order chi connectivity index (χ0) is 21.8. The van der Waals surface area contributed by atoms with E-state index in [-0.39, 0.29) is 13.2 Å². The Hall–Kier alpha value is -1.42. The highest BCUT2D eigenvalue weighted by molar-refractivity contribution is 4.39. The smallest absolute Gasteiger partial charge is 0.0662 e. The van der Waals surface area contributed by atoms with Crippen LogP contribution in [0.5, 0.6) is 0 Å². The monoisotopic (exact) mass is 360 g/mol. The number of aliphatic hydroxyl groups is 2. The van der Waals surface area contributed by atoms with Gasteiger partial charge in [0.05, 0.1) is 13.2 Å². The van der Waals surface area contributed by atoms with Crippen LogP contribution in [0.1, 0.15) is 52.4 Å². The van der Waals surface area contributed by atoms with Crippen molar-refractivity contribution in [1.29, 1.82) is 0 Å². The molecule has 0 aliphatic rings. The van der Waals surface area contributed by atoms with Crippen molar-refractivity contribution in [2.45, 2.75) is 52.4 Å². The number of hydrogen-bond donors (Lipinski definition) is 2. The van der Waals surface area contributed by atoms with Crippen molar-refractivity contribution in [3.05, 3.63) is 65.8 Å². The van der Waals surface area contributed by atoms with Gasteiger partial charge >= 0.3 is 0 Å². The van der Waals surface area contributed by atoms with Gasteiger partial charge in [-0.2, -0.15) is 0 Å². The Bertz CT molecular complexity index is 120. The molecular formula is C22H48O3. The molecule has 3 heteroatoms. The molecule has 3 nitrogen and oxygen atoms in total. The lowest BCUT2D eigenvalue weighted by Crippen LogP contribution is -1.96. The van der Waals surface area contributed by atoms with E-state index in [1.54, 1.807) is 0 Å². The largest absolute Gasteiger partial charge is 0.394 e. The Kier molecular flexibility index (Phi) is 200. The number of rotatable bonds is 9. The Morgan fingerprint density at radius 3 is 1.12 bits per heavy atom. The fourth-order valence-corrected chi connectivity index (χ4v) is 0.979. The van der Waals surface area contributed by atoms with E-state index in [2.05, 4.69) is 79.6 Å². The Morgan fingerprint density at radius 1 is 0.520 bits per heavy atom. The van der Waals surface area contributed by atoms with Crippen molar-refractivity contribution in [3.8, 4) is 0 Å². The van der Waals surface area contributed by atoms with Crippen LogP contribution in [0.4, 0.5) is 0 Å². The number of aliphatic hydroxyl groups excluding tert-OH is 2. The Labute approximate surface area is 160 Å². The van der Waals surface area contributed by atoms with Crippen LogP contribution in [0.25, 0.3) is 0 Å². The van der Waals surface area contributed by atoms with Gasteiger partial charge in [-0.05, 0) is 12.8 Å². The molecule has 0 aromatic carbocycles. The van der Waals surface area contributed by atoms with E-state index in [0.29, 0.717) is 0 Å². The van der Waals surface area contributed by atoms with Gasteiger partial charge in [-0.15, -0.1) is 65.8 Å². The van der Waals surface area contributed by atoms with E-state index in [0.717, 1.165) is 13.2 Å². The molecule has 0 amide bonds. The van der Waals surface area contributed by atoms with Crippen LogP contribution >= 0.6 is 0 Å². The summed E-state index contributed by atoms with van der Waals surface area (Å²) in [6.07, 6.45) is 7.72. The lowest BCUT2D eigenvalue weighted by Gasteiger charge is -2.01. The molecule has 0 aromatic heterocycles. The molecule has 0 unspecified atom stereocenters. The molecule has 0 fully saturated rings. The van der Waals surface area contributed by atoms with Gasteiger partial charge in [0.2, 0.25) is 0 Å². The number of ether oxygens (including phenoxy) is 1. The van der Waals surface area contributed by atoms with Crippen molar-refractivity contribution >= 4 is 0 Å². The number of unbranched alkanes of at least 4 members (excludes halogenated alkanes) is 4. The van der Waals surface area contributed by atoms with Crippen molar-refractivity contribution in [2.75, 3.05) is 26.4 Å². The first-order chi connectivity index (χ1) is 12.3. The summed E-state index contributed by atoms with van der Waals surface area (Å²) in [7, 11) is 0. The third kappa shape index (κ3) is 166. The lowest BCUT2D eigenvalue weighted by atomic mass is 10.2. The zero-order valence-corrected chi connectivity index (χ0v) is 17.4. The van der Waals surface area contributed by atoms with Gasteiger partial charge in [0.15, 0.2) is 0 Å². The SMILES string of the molecule is C=C.C=C.C=C.C=C.C=C.CCCCCCOCCCC.OCCO. The summed E-state index contributed by atoms with van der Waals surface area (Å²) in [5.74, 6) is 0. The topological polar surface area (TPSA) is 49.7 Å². The molecule has 0 spiro atoms.